The molecule has 0 N–H and O–H groups in total. The van der Waals surface area contributed by atoms with Crippen LogP contribution >= 0.6 is 0 Å². The first kappa shape index (κ1) is 16.4. The summed E-state index contributed by atoms with van der Waals surface area (Å²) in [6.07, 6.45) is 2.96. The molecule has 0 radical (unpaired) electrons. The van der Waals surface area contributed by atoms with Gasteiger partial charge in [-0.1, -0.05) is 6.92 Å². The summed E-state index contributed by atoms with van der Waals surface area (Å²) in [6, 6.07) is 0.171. The molecular formula is C15H29NO3. The first-order chi connectivity index (χ1) is 8.93. The number of carbonyl (C=O) groups excluding carboxylic acids is 1. The fourth-order valence-corrected chi connectivity index (χ4v) is 2.48. The Bertz CT molecular complexity index is 279. The number of ether oxygens (including phenoxy) is 2. The molecule has 4 heteroatoms. The van der Waals surface area contributed by atoms with Crippen molar-refractivity contribution < 1.29 is 14.3 Å². The predicted octanol–water partition coefficient (Wildman–Crippen LogP) is 2.61. The van der Waals surface area contributed by atoms with E-state index >= 15 is 0 Å². The molecule has 0 aliphatic carbocycles. The molecule has 1 aliphatic rings. The van der Waals surface area contributed by atoms with Crippen molar-refractivity contribution in [3.8, 4) is 0 Å². The minimum atomic E-state index is 0.154. The zero-order valence-electron chi connectivity index (χ0n) is 13.0. The molecule has 112 valence electrons. The van der Waals surface area contributed by atoms with Gasteiger partial charge in [-0.3, -0.25) is 4.79 Å². The van der Waals surface area contributed by atoms with Crippen LogP contribution in [0.2, 0.25) is 0 Å². The van der Waals surface area contributed by atoms with Crippen molar-refractivity contribution in [3.63, 3.8) is 0 Å². The van der Waals surface area contributed by atoms with Crippen molar-refractivity contribution in [2.75, 3.05) is 13.2 Å². The van der Waals surface area contributed by atoms with Gasteiger partial charge in [0, 0.05) is 13.0 Å². The molecule has 1 amide bonds. The molecular weight excluding hydrogens is 242 g/mol. The van der Waals surface area contributed by atoms with E-state index in [1.807, 2.05) is 39.5 Å². The van der Waals surface area contributed by atoms with Crippen LogP contribution in [0.25, 0.3) is 0 Å². The molecule has 0 spiro atoms. The van der Waals surface area contributed by atoms with Crippen LogP contribution in [0.3, 0.4) is 0 Å². The molecule has 0 aromatic heterocycles. The summed E-state index contributed by atoms with van der Waals surface area (Å²) in [5, 5.41) is 0. The Morgan fingerprint density at radius 1 is 1.26 bits per heavy atom. The SMILES string of the molecule is CCCC(=O)N1C[C@H](OC(C)C)C[C@H]1COC(C)C. The van der Waals surface area contributed by atoms with Crippen molar-refractivity contribution in [1.29, 1.82) is 0 Å². The summed E-state index contributed by atoms with van der Waals surface area (Å²) in [5.74, 6) is 0.231. The van der Waals surface area contributed by atoms with E-state index in [1.165, 1.54) is 0 Å². The molecule has 19 heavy (non-hydrogen) atoms. The molecule has 0 aromatic rings. The minimum Gasteiger partial charge on any atom is -0.377 e. The molecule has 1 heterocycles. The van der Waals surface area contributed by atoms with Gasteiger partial charge in [-0.2, -0.15) is 0 Å². The highest BCUT2D eigenvalue weighted by Crippen LogP contribution is 2.23. The second-order valence-electron chi connectivity index (χ2n) is 5.87. The van der Waals surface area contributed by atoms with Crippen LogP contribution in [0.15, 0.2) is 0 Å². The highest BCUT2D eigenvalue weighted by Gasteiger charge is 2.35. The van der Waals surface area contributed by atoms with Crippen LogP contribution in [0.1, 0.15) is 53.9 Å². The number of amides is 1. The Labute approximate surface area is 117 Å². The summed E-state index contributed by atoms with van der Waals surface area (Å²) in [7, 11) is 0. The lowest BCUT2D eigenvalue weighted by Crippen LogP contribution is -2.39. The summed E-state index contributed by atoms with van der Waals surface area (Å²) in [4.78, 5) is 14.1. The Kier molecular flexibility index (Phi) is 6.80. The fraction of sp³-hybridized carbons (Fsp3) is 0.933. The smallest absolute Gasteiger partial charge is 0.222 e. The van der Waals surface area contributed by atoms with Gasteiger partial charge in [-0.15, -0.1) is 0 Å². The van der Waals surface area contributed by atoms with Crippen molar-refractivity contribution in [2.45, 2.75) is 78.2 Å². The molecule has 1 aliphatic heterocycles. The molecule has 4 nitrogen and oxygen atoms in total. The lowest BCUT2D eigenvalue weighted by molar-refractivity contribution is -0.134. The van der Waals surface area contributed by atoms with E-state index in [0.29, 0.717) is 19.6 Å². The Morgan fingerprint density at radius 3 is 2.47 bits per heavy atom. The number of rotatable bonds is 7. The van der Waals surface area contributed by atoms with E-state index in [1.54, 1.807) is 0 Å². The van der Waals surface area contributed by atoms with Gasteiger partial charge in [-0.05, 0) is 40.5 Å². The largest absolute Gasteiger partial charge is 0.377 e. The van der Waals surface area contributed by atoms with E-state index in [-0.39, 0.29) is 30.3 Å². The van der Waals surface area contributed by atoms with Crippen LogP contribution in [0.5, 0.6) is 0 Å². The monoisotopic (exact) mass is 271 g/mol. The van der Waals surface area contributed by atoms with Crippen molar-refractivity contribution in [1.82, 2.24) is 4.90 Å². The van der Waals surface area contributed by atoms with Gasteiger partial charge in [0.1, 0.15) is 0 Å². The molecule has 2 atom stereocenters. The third-order valence-electron chi connectivity index (χ3n) is 3.25. The lowest BCUT2D eigenvalue weighted by Gasteiger charge is -2.25. The summed E-state index contributed by atoms with van der Waals surface area (Å²) in [5.41, 5.74) is 0. The standard InChI is InChI=1S/C15H29NO3/c1-6-7-15(17)16-9-14(19-12(4)5)8-13(16)10-18-11(2)3/h11-14H,6-10H2,1-5H3/t13-,14+/m0/s1. The van der Waals surface area contributed by atoms with Crippen LogP contribution in [0.4, 0.5) is 0 Å². The van der Waals surface area contributed by atoms with Crippen LogP contribution in [0, 0.1) is 0 Å². The summed E-state index contributed by atoms with van der Waals surface area (Å²) < 4.78 is 11.5. The first-order valence-corrected chi connectivity index (χ1v) is 7.50. The Balaban J connectivity index is 2.58. The van der Waals surface area contributed by atoms with E-state index in [4.69, 9.17) is 9.47 Å². The molecule has 1 fully saturated rings. The Hall–Kier alpha value is -0.610. The Morgan fingerprint density at radius 2 is 1.95 bits per heavy atom. The number of hydrogen-bond acceptors (Lipinski definition) is 3. The van der Waals surface area contributed by atoms with Gasteiger partial charge in [0.2, 0.25) is 5.91 Å². The molecule has 0 saturated carbocycles. The summed E-state index contributed by atoms with van der Waals surface area (Å²) >= 11 is 0. The maximum absolute atomic E-state index is 12.1. The quantitative estimate of drug-likeness (QED) is 0.714. The number of hydrogen-bond donors (Lipinski definition) is 0. The lowest BCUT2D eigenvalue weighted by atomic mass is 10.2. The van der Waals surface area contributed by atoms with Crippen molar-refractivity contribution in [3.05, 3.63) is 0 Å². The maximum Gasteiger partial charge on any atom is 0.222 e. The number of carbonyl (C=O) groups is 1. The maximum atomic E-state index is 12.1. The number of likely N-dealkylation sites (tertiary alicyclic amines) is 1. The van der Waals surface area contributed by atoms with Gasteiger partial charge in [0.05, 0.1) is 31.0 Å². The van der Waals surface area contributed by atoms with E-state index in [9.17, 15) is 4.79 Å². The first-order valence-electron chi connectivity index (χ1n) is 7.50. The third kappa shape index (κ3) is 5.49. The van der Waals surface area contributed by atoms with Gasteiger partial charge in [0.25, 0.3) is 0 Å². The van der Waals surface area contributed by atoms with Gasteiger partial charge in [0.15, 0.2) is 0 Å². The van der Waals surface area contributed by atoms with Gasteiger partial charge >= 0.3 is 0 Å². The van der Waals surface area contributed by atoms with Crippen LogP contribution in [-0.4, -0.2) is 48.3 Å². The fourth-order valence-electron chi connectivity index (χ4n) is 2.48. The normalized spacial score (nSPS) is 23.6. The zero-order chi connectivity index (χ0) is 14.4. The van der Waals surface area contributed by atoms with E-state index in [2.05, 4.69) is 0 Å². The topological polar surface area (TPSA) is 38.8 Å². The molecule has 0 bridgehead atoms. The highest BCUT2D eigenvalue weighted by molar-refractivity contribution is 5.76. The van der Waals surface area contributed by atoms with Crippen LogP contribution in [-0.2, 0) is 14.3 Å². The second-order valence-corrected chi connectivity index (χ2v) is 5.87. The van der Waals surface area contributed by atoms with Crippen LogP contribution < -0.4 is 0 Å². The zero-order valence-corrected chi connectivity index (χ0v) is 13.0. The van der Waals surface area contributed by atoms with Gasteiger partial charge in [-0.25, -0.2) is 0 Å². The highest BCUT2D eigenvalue weighted by atomic mass is 16.5. The molecule has 0 unspecified atom stereocenters. The average molecular weight is 271 g/mol. The molecule has 1 saturated heterocycles. The average Bonchev–Trinajstić information content (AvgIpc) is 2.69. The third-order valence-corrected chi connectivity index (χ3v) is 3.25. The predicted molar refractivity (Wildman–Crippen MR) is 76.1 cm³/mol. The second kappa shape index (κ2) is 7.85. The minimum absolute atomic E-state index is 0.154. The van der Waals surface area contributed by atoms with E-state index < -0.39 is 0 Å². The van der Waals surface area contributed by atoms with E-state index in [0.717, 1.165) is 12.8 Å². The molecule has 0 aromatic carbocycles. The molecule has 1 rings (SSSR count). The van der Waals surface area contributed by atoms with Crippen molar-refractivity contribution in [2.24, 2.45) is 0 Å². The van der Waals surface area contributed by atoms with Crippen molar-refractivity contribution >= 4 is 5.91 Å². The van der Waals surface area contributed by atoms with Gasteiger partial charge < -0.3 is 14.4 Å². The number of nitrogens with zero attached hydrogens (tertiary/aromatic N) is 1. The summed E-state index contributed by atoms with van der Waals surface area (Å²) in [6.45, 7) is 11.5.